The Morgan fingerprint density at radius 3 is 2.42 bits per heavy atom. The van der Waals surface area contributed by atoms with Gasteiger partial charge in [-0.15, -0.1) is 0 Å². The summed E-state index contributed by atoms with van der Waals surface area (Å²) in [7, 11) is -3.54. The minimum Gasteiger partial charge on any atom is -0.208 e. The van der Waals surface area contributed by atoms with Crippen LogP contribution < -0.4 is 4.72 Å². The summed E-state index contributed by atoms with van der Waals surface area (Å²) in [5.41, 5.74) is 0. The molecule has 5 heteroatoms. The van der Waals surface area contributed by atoms with Crippen LogP contribution in [0.25, 0.3) is 0 Å². The van der Waals surface area contributed by atoms with Crippen LogP contribution in [0.15, 0.2) is 29.2 Å². The zero-order valence-corrected chi connectivity index (χ0v) is 12.1. The summed E-state index contributed by atoms with van der Waals surface area (Å²) in [6.45, 7) is 4.23. The van der Waals surface area contributed by atoms with Crippen molar-refractivity contribution in [3.05, 3.63) is 30.1 Å². The van der Waals surface area contributed by atoms with Crippen molar-refractivity contribution in [2.24, 2.45) is 11.8 Å². The van der Waals surface area contributed by atoms with Gasteiger partial charge in [0.25, 0.3) is 0 Å². The lowest BCUT2D eigenvalue weighted by Crippen LogP contribution is -2.37. The fourth-order valence-corrected chi connectivity index (χ4v) is 4.23. The van der Waals surface area contributed by atoms with Gasteiger partial charge in [-0.1, -0.05) is 20.3 Å². The minimum absolute atomic E-state index is 0.0139. The SMILES string of the molecule is CCC1CCC(NS(=O)(=O)c2ccc(F)cc2)C1C. The topological polar surface area (TPSA) is 46.2 Å². The Hall–Kier alpha value is -0.940. The third-order valence-electron chi connectivity index (χ3n) is 4.18. The van der Waals surface area contributed by atoms with Gasteiger partial charge in [-0.25, -0.2) is 17.5 Å². The number of sulfonamides is 1. The maximum absolute atomic E-state index is 12.8. The molecule has 1 saturated carbocycles. The number of rotatable bonds is 4. The monoisotopic (exact) mass is 285 g/mol. The van der Waals surface area contributed by atoms with E-state index in [-0.39, 0.29) is 10.9 Å². The van der Waals surface area contributed by atoms with E-state index in [1.807, 2.05) is 0 Å². The molecular weight excluding hydrogens is 265 g/mol. The number of nitrogens with one attached hydrogen (secondary N) is 1. The van der Waals surface area contributed by atoms with Crippen LogP contribution in [0.5, 0.6) is 0 Å². The van der Waals surface area contributed by atoms with Crippen molar-refractivity contribution >= 4 is 10.0 Å². The van der Waals surface area contributed by atoms with Crippen molar-refractivity contribution in [3.8, 4) is 0 Å². The summed E-state index contributed by atoms with van der Waals surface area (Å²) >= 11 is 0. The molecule has 1 aliphatic rings. The van der Waals surface area contributed by atoms with Crippen molar-refractivity contribution in [2.75, 3.05) is 0 Å². The molecule has 3 nitrogen and oxygen atoms in total. The molecule has 2 rings (SSSR count). The van der Waals surface area contributed by atoms with E-state index >= 15 is 0 Å². The van der Waals surface area contributed by atoms with Crippen LogP contribution in [0.3, 0.4) is 0 Å². The molecule has 0 heterocycles. The molecule has 0 amide bonds. The molecule has 3 unspecified atom stereocenters. The van der Waals surface area contributed by atoms with Gasteiger partial charge >= 0.3 is 0 Å². The summed E-state index contributed by atoms with van der Waals surface area (Å²) in [6.07, 6.45) is 3.02. The highest BCUT2D eigenvalue weighted by Gasteiger charge is 2.34. The molecule has 0 saturated heterocycles. The molecule has 1 fully saturated rings. The van der Waals surface area contributed by atoms with Crippen LogP contribution in [-0.2, 0) is 10.0 Å². The predicted octanol–water partition coefficient (Wildman–Crippen LogP) is 2.93. The van der Waals surface area contributed by atoms with Gasteiger partial charge in [-0.3, -0.25) is 0 Å². The molecular formula is C14H20FNO2S. The van der Waals surface area contributed by atoms with Crippen molar-refractivity contribution < 1.29 is 12.8 Å². The lowest BCUT2D eigenvalue weighted by atomic mass is 9.94. The quantitative estimate of drug-likeness (QED) is 0.924. The third-order valence-corrected chi connectivity index (χ3v) is 5.69. The van der Waals surface area contributed by atoms with Crippen LogP contribution in [0.1, 0.15) is 33.1 Å². The van der Waals surface area contributed by atoms with Crippen LogP contribution in [0.2, 0.25) is 0 Å². The molecule has 0 spiro atoms. The first-order valence-electron chi connectivity index (χ1n) is 6.72. The summed E-state index contributed by atoms with van der Waals surface area (Å²) in [6, 6.07) is 4.92. The van der Waals surface area contributed by atoms with Gasteiger partial charge in [-0.2, -0.15) is 0 Å². The zero-order chi connectivity index (χ0) is 14.0. The Morgan fingerprint density at radius 2 is 1.89 bits per heavy atom. The van der Waals surface area contributed by atoms with Crippen LogP contribution in [0, 0.1) is 17.7 Å². The van der Waals surface area contributed by atoms with Crippen molar-refractivity contribution in [1.82, 2.24) is 4.72 Å². The van der Waals surface area contributed by atoms with Gasteiger partial charge in [0, 0.05) is 6.04 Å². The number of benzene rings is 1. The Kier molecular flexibility index (Phi) is 4.26. The van der Waals surface area contributed by atoms with E-state index in [4.69, 9.17) is 0 Å². The smallest absolute Gasteiger partial charge is 0.208 e. The van der Waals surface area contributed by atoms with E-state index in [0.29, 0.717) is 11.8 Å². The largest absolute Gasteiger partial charge is 0.240 e. The Bertz CT molecular complexity index is 527. The first-order valence-corrected chi connectivity index (χ1v) is 8.20. The second-order valence-electron chi connectivity index (χ2n) is 5.29. The molecule has 1 aliphatic carbocycles. The predicted molar refractivity (Wildman–Crippen MR) is 72.7 cm³/mol. The lowest BCUT2D eigenvalue weighted by Gasteiger charge is -2.20. The molecule has 0 bridgehead atoms. The van der Waals surface area contributed by atoms with E-state index < -0.39 is 15.8 Å². The molecule has 106 valence electrons. The van der Waals surface area contributed by atoms with E-state index in [2.05, 4.69) is 18.6 Å². The zero-order valence-electron chi connectivity index (χ0n) is 11.3. The van der Waals surface area contributed by atoms with E-state index in [1.165, 1.54) is 24.3 Å². The first-order chi connectivity index (χ1) is 8.94. The molecule has 0 radical (unpaired) electrons. The van der Waals surface area contributed by atoms with Crippen molar-refractivity contribution in [3.63, 3.8) is 0 Å². The van der Waals surface area contributed by atoms with E-state index in [9.17, 15) is 12.8 Å². The summed E-state index contributed by atoms with van der Waals surface area (Å²) in [5, 5.41) is 0. The first kappa shape index (κ1) is 14.5. The van der Waals surface area contributed by atoms with Crippen LogP contribution >= 0.6 is 0 Å². The standard InChI is InChI=1S/C14H20FNO2S/c1-3-11-4-9-14(10(11)2)16-19(17,18)13-7-5-12(15)6-8-13/h5-8,10-11,14,16H,3-4,9H2,1-2H3. The Labute approximate surface area is 114 Å². The fourth-order valence-electron chi connectivity index (χ4n) is 2.87. The van der Waals surface area contributed by atoms with Crippen molar-refractivity contribution in [2.45, 2.75) is 44.0 Å². The van der Waals surface area contributed by atoms with Crippen LogP contribution in [0.4, 0.5) is 4.39 Å². The van der Waals surface area contributed by atoms with Gasteiger partial charge in [0.1, 0.15) is 5.82 Å². The Morgan fingerprint density at radius 1 is 1.26 bits per heavy atom. The van der Waals surface area contributed by atoms with Crippen molar-refractivity contribution in [1.29, 1.82) is 0 Å². The van der Waals surface area contributed by atoms with Crippen LogP contribution in [-0.4, -0.2) is 14.5 Å². The highest BCUT2D eigenvalue weighted by molar-refractivity contribution is 7.89. The van der Waals surface area contributed by atoms with Gasteiger partial charge in [0.15, 0.2) is 0 Å². The highest BCUT2D eigenvalue weighted by atomic mass is 32.2. The molecule has 1 aromatic rings. The summed E-state index contributed by atoms with van der Waals surface area (Å²) < 4.78 is 40.0. The minimum atomic E-state index is -3.54. The maximum atomic E-state index is 12.8. The second kappa shape index (κ2) is 5.59. The molecule has 1 N–H and O–H groups in total. The van der Waals surface area contributed by atoms with Gasteiger partial charge in [-0.05, 0) is 48.9 Å². The number of hydrogen-bond donors (Lipinski definition) is 1. The van der Waals surface area contributed by atoms with E-state index in [1.54, 1.807) is 0 Å². The van der Waals surface area contributed by atoms with Gasteiger partial charge in [0.2, 0.25) is 10.0 Å². The number of hydrogen-bond acceptors (Lipinski definition) is 2. The summed E-state index contributed by atoms with van der Waals surface area (Å²) in [4.78, 5) is 0.126. The Balaban J connectivity index is 2.12. The van der Waals surface area contributed by atoms with Gasteiger partial charge < -0.3 is 0 Å². The average molecular weight is 285 g/mol. The molecule has 19 heavy (non-hydrogen) atoms. The van der Waals surface area contributed by atoms with E-state index in [0.717, 1.165) is 19.3 Å². The van der Waals surface area contributed by atoms with Gasteiger partial charge in [0.05, 0.1) is 4.90 Å². The fraction of sp³-hybridized carbons (Fsp3) is 0.571. The molecule has 1 aromatic carbocycles. The molecule has 3 atom stereocenters. The number of halogens is 1. The molecule has 0 aliphatic heterocycles. The highest BCUT2D eigenvalue weighted by Crippen LogP contribution is 2.34. The third kappa shape index (κ3) is 3.15. The average Bonchev–Trinajstić information content (AvgIpc) is 2.70. The lowest BCUT2D eigenvalue weighted by molar-refractivity contribution is 0.368. The maximum Gasteiger partial charge on any atom is 0.240 e. The molecule has 0 aromatic heterocycles. The normalized spacial score (nSPS) is 27.6. The summed E-state index contributed by atoms with van der Waals surface area (Å²) in [5.74, 6) is 0.500. The second-order valence-corrected chi connectivity index (χ2v) is 7.00.